The smallest absolute Gasteiger partial charge is 0.178 e. The number of pyridine rings is 1. The zero-order chi connectivity index (χ0) is 11.9. The lowest BCUT2D eigenvalue weighted by molar-refractivity contribution is 0.594. The molecule has 0 aromatic carbocycles. The second kappa shape index (κ2) is 3.67. The Kier molecular flexibility index (Phi) is 2.58. The van der Waals surface area contributed by atoms with Gasteiger partial charge in [-0.25, -0.2) is 15.0 Å². The summed E-state index contributed by atoms with van der Waals surface area (Å²) in [5, 5.41) is 0.653. The van der Waals surface area contributed by atoms with E-state index in [1.165, 1.54) is 0 Å². The topological polar surface area (TPSA) is 38.7 Å². The van der Waals surface area contributed by atoms with Gasteiger partial charge in [-0.15, -0.1) is 0 Å². The molecule has 4 heteroatoms. The van der Waals surface area contributed by atoms with Gasteiger partial charge in [-0.05, 0) is 12.3 Å². The van der Waals surface area contributed by atoms with Crippen LogP contribution in [0.4, 0.5) is 0 Å². The third-order valence-electron chi connectivity index (χ3n) is 2.40. The Morgan fingerprint density at radius 2 is 1.75 bits per heavy atom. The van der Waals surface area contributed by atoms with Gasteiger partial charge >= 0.3 is 0 Å². The molecule has 0 aliphatic carbocycles. The van der Waals surface area contributed by atoms with Gasteiger partial charge in [0.05, 0.1) is 16.9 Å². The van der Waals surface area contributed by atoms with E-state index in [0.717, 1.165) is 16.8 Å². The monoisotopic (exact) mass is 235 g/mol. The molecule has 0 atom stereocenters. The summed E-state index contributed by atoms with van der Waals surface area (Å²) >= 11 is 6.21. The predicted molar refractivity (Wildman–Crippen MR) is 65.8 cm³/mol. The highest BCUT2D eigenvalue weighted by Gasteiger charge is 2.22. The number of halogens is 1. The van der Waals surface area contributed by atoms with Crippen LogP contribution >= 0.6 is 11.6 Å². The third kappa shape index (κ3) is 1.87. The van der Waals surface area contributed by atoms with Gasteiger partial charge in [0.25, 0.3) is 0 Å². The summed E-state index contributed by atoms with van der Waals surface area (Å²) in [6, 6.07) is 0. The SMILES string of the molecule is Cc1cnc2ncc(Cl)c(C(C)(C)C)c2n1. The molecule has 2 rings (SSSR count). The number of hydrogen-bond acceptors (Lipinski definition) is 3. The van der Waals surface area contributed by atoms with E-state index in [1.807, 2.05) is 6.92 Å². The molecule has 0 saturated heterocycles. The van der Waals surface area contributed by atoms with Crippen LogP contribution in [0.2, 0.25) is 5.02 Å². The Bertz CT molecular complexity index is 538. The van der Waals surface area contributed by atoms with Crippen molar-refractivity contribution in [3.05, 3.63) is 28.7 Å². The van der Waals surface area contributed by atoms with E-state index in [0.29, 0.717) is 10.7 Å². The number of rotatable bonds is 0. The number of aromatic nitrogens is 3. The van der Waals surface area contributed by atoms with Crippen LogP contribution in [-0.2, 0) is 5.41 Å². The molecule has 0 unspecified atom stereocenters. The molecule has 0 aliphatic rings. The van der Waals surface area contributed by atoms with Gasteiger partial charge in [-0.3, -0.25) is 0 Å². The molecule has 84 valence electrons. The Morgan fingerprint density at radius 1 is 1.12 bits per heavy atom. The molecule has 2 aromatic heterocycles. The standard InChI is InChI=1S/C12H14ClN3/c1-7-5-14-11-10(16-7)9(12(2,3)4)8(13)6-15-11/h5-6H,1-4H3. The summed E-state index contributed by atoms with van der Waals surface area (Å²) in [7, 11) is 0. The predicted octanol–water partition coefficient (Wildman–Crippen LogP) is 3.28. The van der Waals surface area contributed by atoms with E-state index in [9.17, 15) is 0 Å². The third-order valence-corrected chi connectivity index (χ3v) is 2.69. The number of aryl methyl sites for hydroxylation is 1. The Morgan fingerprint density at radius 3 is 2.38 bits per heavy atom. The van der Waals surface area contributed by atoms with Gasteiger partial charge in [0.15, 0.2) is 5.65 Å². The lowest BCUT2D eigenvalue weighted by Gasteiger charge is -2.21. The molecule has 0 N–H and O–H groups in total. The Hall–Kier alpha value is -1.22. The first-order valence-electron chi connectivity index (χ1n) is 5.18. The summed E-state index contributed by atoms with van der Waals surface area (Å²) in [6.07, 6.45) is 3.37. The van der Waals surface area contributed by atoms with E-state index >= 15 is 0 Å². The molecule has 0 saturated carbocycles. The molecular weight excluding hydrogens is 222 g/mol. The van der Waals surface area contributed by atoms with E-state index in [4.69, 9.17) is 11.6 Å². The van der Waals surface area contributed by atoms with Gasteiger partial charge in [-0.1, -0.05) is 32.4 Å². The average molecular weight is 236 g/mol. The first kappa shape index (κ1) is 11.3. The molecule has 2 aromatic rings. The quantitative estimate of drug-likeness (QED) is 0.703. The van der Waals surface area contributed by atoms with Gasteiger partial charge in [-0.2, -0.15) is 0 Å². The van der Waals surface area contributed by atoms with E-state index in [1.54, 1.807) is 12.4 Å². The number of hydrogen-bond donors (Lipinski definition) is 0. The van der Waals surface area contributed by atoms with E-state index < -0.39 is 0 Å². The van der Waals surface area contributed by atoms with Crippen molar-refractivity contribution in [2.75, 3.05) is 0 Å². The highest BCUT2D eigenvalue weighted by molar-refractivity contribution is 6.32. The van der Waals surface area contributed by atoms with Crippen LogP contribution in [0.15, 0.2) is 12.4 Å². The molecule has 2 heterocycles. The van der Waals surface area contributed by atoms with Crippen molar-refractivity contribution >= 4 is 22.8 Å². The summed E-state index contributed by atoms with van der Waals surface area (Å²) in [5.74, 6) is 0. The van der Waals surface area contributed by atoms with Crippen LogP contribution in [0.1, 0.15) is 32.0 Å². The number of nitrogens with zero attached hydrogens (tertiary/aromatic N) is 3. The molecule has 0 aliphatic heterocycles. The van der Waals surface area contributed by atoms with Crippen molar-refractivity contribution in [2.24, 2.45) is 0 Å². The fraction of sp³-hybridized carbons (Fsp3) is 0.417. The molecule has 16 heavy (non-hydrogen) atoms. The highest BCUT2D eigenvalue weighted by atomic mass is 35.5. The number of fused-ring (bicyclic) bond motifs is 1. The van der Waals surface area contributed by atoms with E-state index in [2.05, 4.69) is 35.7 Å². The molecule has 0 bridgehead atoms. The summed E-state index contributed by atoms with van der Waals surface area (Å²) < 4.78 is 0. The minimum Gasteiger partial charge on any atom is -0.248 e. The van der Waals surface area contributed by atoms with Crippen molar-refractivity contribution in [1.82, 2.24) is 15.0 Å². The molecule has 3 nitrogen and oxygen atoms in total. The van der Waals surface area contributed by atoms with Gasteiger partial charge in [0.2, 0.25) is 0 Å². The average Bonchev–Trinajstić information content (AvgIpc) is 2.14. The van der Waals surface area contributed by atoms with Crippen LogP contribution in [0.5, 0.6) is 0 Å². The van der Waals surface area contributed by atoms with Crippen molar-refractivity contribution in [3.8, 4) is 0 Å². The maximum Gasteiger partial charge on any atom is 0.178 e. The zero-order valence-electron chi connectivity index (χ0n) is 9.87. The first-order chi connectivity index (χ1) is 7.39. The molecular formula is C12H14ClN3. The maximum absolute atomic E-state index is 6.21. The molecule has 0 radical (unpaired) electrons. The van der Waals surface area contributed by atoms with Crippen LogP contribution in [0.25, 0.3) is 11.2 Å². The first-order valence-corrected chi connectivity index (χ1v) is 5.56. The molecule has 0 fully saturated rings. The van der Waals surface area contributed by atoms with Crippen LogP contribution in [-0.4, -0.2) is 15.0 Å². The van der Waals surface area contributed by atoms with Gasteiger partial charge in [0.1, 0.15) is 5.52 Å². The summed E-state index contributed by atoms with van der Waals surface area (Å²) in [5.41, 5.74) is 3.28. The van der Waals surface area contributed by atoms with Gasteiger partial charge < -0.3 is 0 Å². The van der Waals surface area contributed by atoms with Crippen LogP contribution in [0, 0.1) is 6.92 Å². The normalized spacial score (nSPS) is 12.1. The fourth-order valence-electron chi connectivity index (χ4n) is 1.74. The molecule has 0 spiro atoms. The van der Waals surface area contributed by atoms with Gasteiger partial charge in [0, 0.05) is 11.8 Å². The fourth-order valence-corrected chi connectivity index (χ4v) is 2.16. The summed E-state index contributed by atoms with van der Waals surface area (Å²) in [6.45, 7) is 8.24. The lowest BCUT2D eigenvalue weighted by atomic mass is 9.87. The van der Waals surface area contributed by atoms with Crippen LogP contribution < -0.4 is 0 Å². The second-order valence-electron chi connectivity index (χ2n) is 4.91. The van der Waals surface area contributed by atoms with Crippen molar-refractivity contribution in [3.63, 3.8) is 0 Å². The van der Waals surface area contributed by atoms with Crippen molar-refractivity contribution in [2.45, 2.75) is 33.1 Å². The van der Waals surface area contributed by atoms with Crippen molar-refractivity contribution in [1.29, 1.82) is 0 Å². The Labute approximate surface area is 99.9 Å². The minimum absolute atomic E-state index is 0.0687. The highest BCUT2D eigenvalue weighted by Crippen LogP contribution is 2.33. The minimum atomic E-state index is -0.0687. The zero-order valence-corrected chi connectivity index (χ0v) is 10.6. The largest absolute Gasteiger partial charge is 0.248 e. The Balaban J connectivity index is 2.88. The second-order valence-corrected chi connectivity index (χ2v) is 5.32. The van der Waals surface area contributed by atoms with E-state index in [-0.39, 0.29) is 5.41 Å². The molecule has 0 amide bonds. The lowest BCUT2D eigenvalue weighted by Crippen LogP contribution is -2.14. The van der Waals surface area contributed by atoms with Crippen LogP contribution in [0.3, 0.4) is 0 Å². The maximum atomic E-state index is 6.21. The summed E-state index contributed by atoms with van der Waals surface area (Å²) in [4.78, 5) is 12.9. The van der Waals surface area contributed by atoms with Crippen molar-refractivity contribution < 1.29 is 0 Å².